The maximum atomic E-state index is 13.6. The Labute approximate surface area is 289 Å². The van der Waals surface area contributed by atoms with Crippen LogP contribution in [0.1, 0.15) is 85.0 Å². The molecular weight excluding hydrogens is 885 g/mol. The van der Waals surface area contributed by atoms with Crippen LogP contribution in [0, 0.1) is 27.0 Å². The van der Waals surface area contributed by atoms with Crippen LogP contribution in [-0.4, -0.2) is 62.0 Å². The largest absolute Gasteiger partial charge is 0.462 e. The third-order valence-corrected chi connectivity index (χ3v) is 10.6. The lowest BCUT2D eigenvalue weighted by Gasteiger charge is -2.40. The van der Waals surface area contributed by atoms with E-state index in [9.17, 15) is 19.2 Å². The molecule has 0 radical (unpaired) electrons. The van der Waals surface area contributed by atoms with Gasteiger partial charge in [-0.2, -0.15) is 0 Å². The minimum absolute atomic E-state index is 0.0750. The molecule has 1 fully saturated rings. The number of epoxide rings is 1. The zero-order valence-corrected chi connectivity index (χ0v) is 32.0. The van der Waals surface area contributed by atoms with E-state index in [1.165, 1.54) is 0 Å². The van der Waals surface area contributed by atoms with Crippen molar-refractivity contribution in [1.29, 1.82) is 0 Å². The molecule has 0 aromatic heterocycles. The molecule has 1 heterocycles. The van der Waals surface area contributed by atoms with E-state index in [2.05, 4.69) is 67.8 Å². The topological polar surface area (TPSA) is 118 Å². The van der Waals surface area contributed by atoms with E-state index >= 15 is 0 Å². The molecule has 2 rings (SSSR count). The number of benzene rings is 1. The van der Waals surface area contributed by atoms with Crippen molar-refractivity contribution in [3.8, 4) is 0 Å². The molecule has 0 bridgehead atoms. The second-order valence-electron chi connectivity index (χ2n) is 12.8. The zero-order chi connectivity index (χ0) is 32.1. The first-order valence-electron chi connectivity index (χ1n) is 13.7. The second-order valence-corrected chi connectivity index (χ2v) is 16.3. The first kappa shape index (κ1) is 37.4. The summed E-state index contributed by atoms with van der Waals surface area (Å²) in [5.74, 6) is -1.98. The first-order valence-corrected chi connectivity index (χ1v) is 17.0. The van der Waals surface area contributed by atoms with E-state index in [0.717, 1.165) is 10.7 Å². The number of carbonyl (C=O) groups is 4. The highest BCUT2D eigenvalue weighted by Crippen LogP contribution is 2.46. The number of halogens is 3. The smallest absolute Gasteiger partial charge is 0.339 e. The standard InChI is InChI=1S/C30H41I3O9/c1-9-29(7,25(36)39-11-10-38-23(34)20-12-18(31)13-21(32)22(20)33)17-30(8,26(37)42-27(2,3)4)16-28(5,6)24(35)41-15-19-14-40-19/h12-13,19H,9-11,14-17H2,1-8H3. The summed E-state index contributed by atoms with van der Waals surface area (Å²) < 4.78 is 30.0. The van der Waals surface area contributed by atoms with Gasteiger partial charge in [0.15, 0.2) is 0 Å². The molecule has 0 N–H and O–H groups in total. The van der Waals surface area contributed by atoms with E-state index in [0.29, 0.717) is 18.6 Å². The van der Waals surface area contributed by atoms with Crippen molar-refractivity contribution >= 4 is 91.6 Å². The molecule has 1 saturated heterocycles. The molecule has 1 aliphatic rings. The molecule has 0 saturated carbocycles. The molecule has 1 aromatic rings. The minimum Gasteiger partial charge on any atom is -0.462 e. The Hall–Kier alpha value is -0.750. The SMILES string of the molecule is CCC(C)(CC(C)(CC(C)(C)C(=O)OCC1CO1)C(=O)OC(C)(C)C)C(=O)OCCOC(=O)c1cc(I)cc(I)c1I. The van der Waals surface area contributed by atoms with Gasteiger partial charge in [0.25, 0.3) is 0 Å². The Morgan fingerprint density at radius 1 is 0.833 bits per heavy atom. The summed E-state index contributed by atoms with van der Waals surface area (Å²) in [5.41, 5.74) is -3.67. The molecular formula is C30H41I3O9. The van der Waals surface area contributed by atoms with Crippen LogP contribution >= 0.6 is 67.8 Å². The molecule has 1 aliphatic heterocycles. The van der Waals surface area contributed by atoms with Crippen LogP contribution in [0.3, 0.4) is 0 Å². The van der Waals surface area contributed by atoms with Gasteiger partial charge in [-0.3, -0.25) is 14.4 Å². The van der Waals surface area contributed by atoms with Crippen LogP contribution < -0.4 is 0 Å². The molecule has 3 atom stereocenters. The highest BCUT2D eigenvalue weighted by Gasteiger charge is 2.50. The molecule has 0 spiro atoms. The lowest BCUT2D eigenvalue weighted by molar-refractivity contribution is -0.176. The summed E-state index contributed by atoms with van der Waals surface area (Å²) in [7, 11) is 0. The summed E-state index contributed by atoms with van der Waals surface area (Å²) in [4.78, 5) is 52.6. The lowest BCUT2D eigenvalue weighted by atomic mass is 9.65. The number of hydrogen-bond acceptors (Lipinski definition) is 9. The number of ether oxygens (including phenoxy) is 5. The molecule has 1 aromatic carbocycles. The summed E-state index contributed by atoms with van der Waals surface area (Å²) in [6.45, 7) is 14.5. The van der Waals surface area contributed by atoms with Crippen molar-refractivity contribution in [2.24, 2.45) is 16.2 Å². The van der Waals surface area contributed by atoms with Crippen molar-refractivity contribution < 1.29 is 42.9 Å². The minimum atomic E-state index is -1.22. The highest BCUT2D eigenvalue weighted by molar-refractivity contribution is 14.1. The number of rotatable bonds is 14. The Balaban J connectivity index is 2.13. The Morgan fingerprint density at radius 3 is 1.98 bits per heavy atom. The second kappa shape index (κ2) is 15.0. The average Bonchev–Trinajstić information content (AvgIpc) is 3.70. The summed E-state index contributed by atoms with van der Waals surface area (Å²) in [6, 6.07) is 3.72. The van der Waals surface area contributed by atoms with Gasteiger partial charge in [-0.1, -0.05) is 6.92 Å². The van der Waals surface area contributed by atoms with Crippen LogP contribution in [0.15, 0.2) is 12.1 Å². The summed E-state index contributed by atoms with van der Waals surface area (Å²) >= 11 is 6.41. The van der Waals surface area contributed by atoms with Gasteiger partial charge >= 0.3 is 23.9 Å². The Bertz CT molecular complexity index is 1170. The van der Waals surface area contributed by atoms with Gasteiger partial charge in [-0.05, 0) is 148 Å². The van der Waals surface area contributed by atoms with Crippen LogP contribution in [0.4, 0.5) is 0 Å². The fourth-order valence-corrected chi connectivity index (χ4v) is 6.99. The Morgan fingerprint density at radius 2 is 1.43 bits per heavy atom. The van der Waals surface area contributed by atoms with Crippen LogP contribution in [0.2, 0.25) is 0 Å². The molecule has 236 valence electrons. The normalized spacial score (nSPS) is 17.8. The quantitative estimate of drug-likeness (QED) is 0.0502. The third kappa shape index (κ3) is 11.0. The van der Waals surface area contributed by atoms with Crippen LogP contribution in [0.25, 0.3) is 0 Å². The fourth-order valence-electron chi connectivity index (χ4n) is 4.61. The van der Waals surface area contributed by atoms with Crippen molar-refractivity contribution in [3.63, 3.8) is 0 Å². The van der Waals surface area contributed by atoms with Gasteiger partial charge in [-0.15, -0.1) is 0 Å². The third-order valence-electron chi connectivity index (χ3n) is 6.90. The molecule has 0 aliphatic carbocycles. The van der Waals surface area contributed by atoms with Gasteiger partial charge in [0.2, 0.25) is 0 Å². The van der Waals surface area contributed by atoms with E-state index in [4.69, 9.17) is 23.7 Å². The van der Waals surface area contributed by atoms with Crippen molar-refractivity contribution in [3.05, 3.63) is 28.4 Å². The highest BCUT2D eigenvalue weighted by atomic mass is 127. The van der Waals surface area contributed by atoms with Crippen LogP contribution in [0.5, 0.6) is 0 Å². The van der Waals surface area contributed by atoms with E-state index in [1.807, 2.05) is 13.0 Å². The molecule has 12 heteroatoms. The van der Waals surface area contributed by atoms with E-state index < -0.39 is 45.7 Å². The van der Waals surface area contributed by atoms with Gasteiger partial charge in [0.1, 0.15) is 31.5 Å². The fraction of sp³-hybridized carbons (Fsp3) is 0.667. The molecule has 42 heavy (non-hydrogen) atoms. The summed E-state index contributed by atoms with van der Waals surface area (Å²) in [5, 5.41) is 0. The lowest BCUT2D eigenvalue weighted by Crippen LogP contribution is -2.46. The maximum Gasteiger partial charge on any atom is 0.339 e. The van der Waals surface area contributed by atoms with Gasteiger partial charge in [0, 0.05) is 10.7 Å². The van der Waals surface area contributed by atoms with Crippen LogP contribution in [-0.2, 0) is 38.1 Å². The maximum absolute atomic E-state index is 13.6. The summed E-state index contributed by atoms with van der Waals surface area (Å²) in [6.07, 6.45) is 0.453. The van der Waals surface area contributed by atoms with Crippen molar-refractivity contribution in [2.75, 3.05) is 26.4 Å². The molecule has 9 nitrogen and oxygen atoms in total. The van der Waals surface area contributed by atoms with Gasteiger partial charge < -0.3 is 23.7 Å². The van der Waals surface area contributed by atoms with Gasteiger partial charge in [-0.25, -0.2) is 4.79 Å². The number of carbonyl (C=O) groups excluding carboxylic acids is 4. The number of hydrogen-bond donors (Lipinski definition) is 0. The van der Waals surface area contributed by atoms with Gasteiger partial charge in [0.05, 0.1) is 28.4 Å². The molecule has 0 amide bonds. The molecule has 3 unspecified atom stereocenters. The predicted molar refractivity (Wildman–Crippen MR) is 182 cm³/mol. The average molecular weight is 926 g/mol. The van der Waals surface area contributed by atoms with Crippen molar-refractivity contribution in [2.45, 2.75) is 86.4 Å². The predicted octanol–water partition coefficient (Wildman–Crippen LogP) is 6.71. The number of esters is 4. The monoisotopic (exact) mass is 926 g/mol. The van der Waals surface area contributed by atoms with Crippen molar-refractivity contribution in [1.82, 2.24) is 0 Å². The van der Waals surface area contributed by atoms with E-state index in [1.54, 1.807) is 54.5 Å². The first-order chi connectivity index (χ1) is 19.2. The zero-order valence-electron chi connectivity index (χ0n) is 25.5. The Kier molecular flexibility index (Phi) is 13.4. The van der Waals surface area contributed by atoms with E-state index in [-0.39, 0.29) is 38.8 Å².